The summed E-state index contributed by atoms with van der Waals surface area (Å²) in [6.45, 7) is 14.4. The van der Waals surface area contributed by atoms with Crippen LogP contribution in [0, 0.1) is 13.8 Å². The Kier molecular flexibility index (Phi) is 5.33. The fourth-order valence-corrected chi connectivity index (χ4v) is 2.56. The van der Waals surface area contributed by atoms with Crippen LogP contribution in [0.25, 0.3) is 27.7 Å². The highest BCUT2D eigenvalue weighted by Gasteiger charge is 2.08. The summed E-state index contributed by atoms with van der Waals surface area (Å²) in [5, 5.41) is 1.18. The van der Waals surface area contributed by atoms with Gasteiger partial charge in [0.15, 0.2) is 0 Å². The second-order valence-electron chi connectivity index (χ2n) is 5.72. The molecular formula is C22H25N. The molecule has 0 amide bonds. The number of fused-ring (bicyclic) bond motifs is 1. The highest BCUT2D eigenvalue weighted by molar-refractivity contribution is 5.93. The van der Waals surface area contributed by atoms with Gasteiger partial charge in [0.2, 0.25) is 0 Å². The molecule has 0 spiro atoms. The minimum absolute atomic E-state index is 1.00. The van der Waals surface area contributed by atoms with E-state index in [1.54, 1.807) is 0 Å². The first kappa shape index (κ1) is 17.0. The van der Waals surface area contributed by atoms with E-state index in [0.29, 0.717) is 0 Å². The van der Waals surface area contributed by atoms with Gasteiger partial charge < -0.3 is 0 Å². The number of hydrogen-bond acceptors (Lipinski definition) is 1. The molecule has 0 radical (unpaired) electrons. The lowest BCUT2D eigenvalue weighted by molar-refractivity contribution is 1.36. The largest absolute Gasteiger partial charge is 0.248 e. The van der Waals surface area contributed by atoms with Gasteiger partial charge in [0.05, 0.1) is 11.2 Å². The molecule has 0 saturated carbocycles. The molecule has 0 atom stereocenters. The Morgan fingerprint density at radius 1 is 0.870 bits per heavy atom. The van der Waals surface area contributed by atoms with Crippen molar-refractivity contribution in [3.05, 3.63) is 71.8 Å². The first-order valence-corrected chi connectivity index (χ1v) is 8.19. The average molecular weight is 303 g/mol. The lowest BCUT2D eigenvalue weighted by atomic mass is 9.98. The Labute approximate surface area is 139 Å². The van der Waals surface area contributed by atoms with Crippen LogP contribution < -0.4 is 0 Å². The van der Waals surface area contributed by atoms with E-state index in [4.69, 9.17) is 4.98 Å². The number of pyridine rings is 1. The number of benzene rings is 2. The van der Waals surface area contributed by atoms with Gasteiger partial charge in [0, 0.05) is 10.9 Å². The third kappa shape index (κ3) is 3.68. The van der Waals surface area contributed by atoms with Crippen LogP contribution in [0.3, 0.4) is 0 Å². The van der Waals surface area contributed by atoms with E-state index in [9.17, 15) is 0 Å². The molecule has 0 fully saturated rings. The summed E-state index contributed by atoms with van der Waals surface area (Å²) in [4.78, 5) is 4.82. The maximum atomic E-state index is 4.82. The van der Waals surface area contributed by atoms with E-state index >= 15 is 0 Å². The molecule has 1 aromatic heterocycles. The van der Waals surface area contributed by atoms with E-state index in [-0.39, 0.29) is 0 Å². The monoisotopic (exact) mass is 303 g/mol. The molecule has 2 aromatic carbocycles. The number of nitrogens with zero attached hydrogens (tertiary/aromatic N) is 1. The van der Waals surface area contributed by atoms with Crippen molar-refractivity contribution in [2.45, 2.75) is 34.6 Å². The van der Waals surface area contributed by atoms with Gasteiger partial charge in [0.25, 0.3) is 0 Å². The zero-order chi connectivity index (χ0) is 17.0. The molecule has 1 nitrogen and oxygen atoms in total. The summed E-state index contributed by atoms with van der Waals surface area (Å²) >= 11 is 0. The van der Waals surface area contributed by atoms with Crippen molar-refractivity contribution in [2.75, 3.05) is 0 Å². The summed E-state index contributed by atoms with van der Waals surface area (Å²) in [5.41, 5.74) is 7.93. The summed E-state index contributed by atoms with van der Waals surface area (Å²) in [6, 6.07) is 17.0. The Balaban J connectivity index is 0.000000924. The summed E-state index contributed by atoms with van der Waals surface area (Å²) in [6.07, 6.45) is 0. The van der Waals surface area contributed by atoms with E-state index in [0.717, 1.165) is 22.3 Å². The highest BCUT2D eigenvalue weighted by Crippen LogP contribution is 2.29. The van der Waals surface area contributed by atoms with Gasteiger partial charge in [-0.05, 0) is 44.5 Å². The first-order valence-electron chi connectivity index (χ1n) is 8.19. The van der Waals surface area contributed by atoms with Gasteiger partial charge in [-0.15, -0.1) is 0 Å². The second-order valence-corrected chi connectivity index (χ2v) is 5.72. The van der Waals surface area contributed by atoms with E-state index in [1.165, 1.54) is 22.1 Å². The second kappa shape index (κ2) is 7.23. The molecule has 1 heteroatoms. The van der Waals surface area contributed by atoms with Gasteiger partial charge in [0.1, 0.15) is 0 Å². The molecule has 0 aliphatic heterocycles. The van der Waals surface area contributed by atoms with Crippen molar-refractivity contribution in [1.82, 2.24) is 4.98 Å². The molecule has 23 heavy (non-hydrogen) atoms. The maximum Gasteiger partial charge on any atom is 0.0715 e. The Hall–Kier alpha value is -2.41. The molecule has 3 aromatic rings. The molecule has 0 N–H and O–H groups in total. The molecule has 3 rings (SSSR count). The summed E-state index contributed by atoms with van der Waals surface area (Å²) < 4.78 is 0. The fourth-order valence-electron chi connectivity index (χ4n) is 2.56. The van der Waals surface area contributed by atoms with Gasteiger partial charge in [-0.1, -0.05) is 67.5 Å². The van der Waals surface area contributed by atoms with Crippen LogP contribution in [0.1, 0.15) is 37.5 Å². The number of rotatable bonds is 2. The lowest BCUT2D eigenvalue weighted by Gasteiger charge is -2.11. The SMILES string of the molecule is C=C(C)c1cc(-c2ccc(C)cc2)nc2ccc(C)cc12.CC. The zero-order valence-electron chi connectivity index (χ0n) is 14.8. The molecule has 0 saturated heterocycles. The molecule has 1 heterocycles. The Morgan fingerprint density at radius 2 is 1.48 bits per heavy atom. The number of allylic oxidation sites excluding steroid dienone is 1. The Morgan fingerprint density at radius 3 is 2.09 bits per heavy atom. The molecule has 0 unspecified atom stereocenters. The lowest BCUT2D eigenvalue weighted by Crippen LogP contribution is -1.91. The van der Waals surface area contributed by atoms with Crippen LogP contribution in [0.2, 0.25) is 0 Å². The average Bonchev–Trinajstić information content (AvgIpc) is 2.56. The molecule has 0 aliphatic rings. The molecular weight excluding hydrogens is 278 g/mol. The van der Waals surface area contributed by atoms with Crippen molar-refractivity contribution in [2.24, 2.45) is 0 Å². The summed E-state index contributed by atoms with van der Waals surface area (Å²) in [5.74, 6) is 0. The quantitative estimate of drug-likeness (QED) is 0.521. The number of hydrogen-bond donors (Lipinski definition) is 0. The van der Waals surface area contributed by atoms with E-state index in [1.807, 2.05) is 13.8 Å². The predicted octanol–water partition coefficient (Wildman–Crippen LogP) is 6.58. The molecule has 0 bridgehead atoms. The van der Waals surface area contributed by atoms with Gasteiger partial charge >= 0.3 is 0 Å². The van der Waals surface area contributed by atoms with Crippen LogP contribution in [0.4, 0.5) is 0 Å². The normalized spacial score (nSPS) is 10.1. The maximum absolute atomic E-state index is 4.82. The smallest absolute Gasteiger partial charge is 0.0715 e. The van der Waals surface area contributed by atoms with Crippen molar-refractivity contribution in [1.29, 1.82) is 0 Å². The first-order chi connectivity index (χ1) is 11.0. The minimum atomic E-state index is 1.00. The molecule has 118 valence electrons. The van der Waals surface area contributed by atoms with E-state index in [2.05, 4.69) is 75.9 Å². The number of aryl methyl sites for hydroxylation is 2. The van der Waals surface area contributed by atoms with E-state index < -0.39 is 0 Å². The standard InChI is InChI=1S/C20H19N.C2H6/c1-13(2)17-12-20(16-8-5-14(3)6-9-16)21-19-10-7-15(4)11-18(17)19;1-2/h5-12H,1H2,2-4H3;1-2H3. The zero-order valence-corrected chi connectivity index (χ0v) is 14.8. The van der Waals surface area contributed by atoms with Gasteiger partial charge in [-0.25, -0.2) is 4.98 Å². The van der Waals surface area contributed by atoms with Crippen molar-refractivity contribution >= 4 is 16.5 Å². The highest BCUT2D eigenvalue weighted by atomic mass is 14.7. The fraction of sp³-hybridized carbons (Fsp3) is 0.227. The van der Waals surface area contributed by atoms with Crippen LogP contribution in [0.15, 0.2) is 55.1 Å². The topological polar surface area (TPSA) is 12.9 Å². The predicted molar refractivity (Wildman–Crippen MR) is 103 cm³/mol. The van der Waals surface area contributed by atoms with Crippen LogP contribution in [-0.4, -0.2) is 4.98 Å². The van der Waals surface area contributed by atoms with Crippen LogP contribution in [0.5, 0.6) is 0 Å². The summed E-state index contributed by atoms with van der Waals surface area (Å²) in [7, 11) is 0. The van der Waals surface area contributed by atoms with Crippen molar-refractivity contribution < 1.29 is 0 Å². The van der Waals surface area contributed by atoms with Crippen LogP contribution in [-0.2, 0) is 0 Å². The van der Waals surface area contributed by atoms with Gasteiger partial charge in [-0.2, -0.15) is 0 Å². The minimum Gasteiger partial charge on any atom is -0.248 e. The number of aromatic nitrogens is 1. The Bertz CT molecular complexity index is 826. The van der Waals surface area contributed by atoms with Crippen molar-refractivity contribution in [3.63, 3.8) is 0 Å². The van der Waals surface area contributed by atoms with Crippen LogP contribution >= 0.6 is 0 Å². The molecule has 0 aliphatic carbocycles. The van der Waals surface area contributed by atoms with Gasteiger partial charge in [-0.3, -0.25) is 0 Å². The third-order valence-corrected chi connectivity index (χ3v) is 3.77. The van der Waals surface area contributed by atoms with Crippen molar-refractivity contribution in [3.8, 4) is 11.3 Å². The third-order valence-electron chi connectivity index (χ3n) is 3.77.